The SMILES string of the molecule is COC(=O)[C@H]1COC=CN1C(=O)OCC1c2ccccc2-c2ccccc21. The fourth-order valence-corrected chi connectivity index (χ4v) is 3.61. The number of benzene rings is 2. The molecule has 0 unspecified atom stereocenters. The highest BCUT2D eigenvalue weighted by atomic mass is 16.6. The van der Waals surface area contributed by atoms with Crippen molar-refractivity contribution in [2.45, 2.75) is 12.0 Å². The maximum absolute atomic E-state index is 12.6. The summed E-state index contributed by atoms with van der Waals surface area (Å²) in [6, 6.07) is 15.4. The lowest BCUT2D eigenvalue weighted by atomic mass is 9.98. The third-order valence-electron chi connectivity index (χ3n) is 4.93. The minimum atomic E-state index is -0.851. The van der Waals surface area contributed by atoms with Crippen molar-refractivity contribution in [1.82, 2.24) is 4.90 Å². The van der Waals surface area contributed by atoms with Gasteiger partial charge in [-0.1, -0.05) is 48.5 Å². The molecule has 2 aromatic carbocycles. The number of nitrogens with zero attached hydrogens (tertiary/aromatic N) is 1. The zero-order chi connectivity index (χ0) is 18.8. The van der Waals surface area contributed by atoms with E-state index in [-0.39, 0.29) is 19.1 Å². The number of amides is 1. The first-order chi connectivity index (χ1) is 13.2. The second kappa shape index (κ2) is 7.15. The van der Waals surface area contributed by atoms with E-state index in [1.54, 1.807) is 0 Å². The first-order valence-corrected chi connectivity index (χ1v) is 8.70. The van der Waals surface area contributed by atoms with E-state index in [4.69, 9.17) is 14.2 Å². The molecule has 0 fully saturated rings. The van der Waals surface area contributed by atoms with Crippen LogP contribution in [0.2, 0.25) is 0 Å². The summed E-state index contributed by atoms with van der Waals surface area (Å²) < 4.78 is 15.4. The fraction of sp³-hybridized carbons (Fsp3) is 0.238. The minimum absolute atomic E-state index is 0.0351. The van der Waals surface area contributed by atoms with Gasteiger partial charge < -0.3 is 14.2 Å². The van der Waals surface area contributed by atoms with Crippen LogP contribution >= 0.6 is 0 Å². The molecule has 138 valence electrons. The van der Waals surface area contributed by atoms with Gasteiger partial charge in [-0.2, -0.15) is 0 Å². The molecule has 0 bridgehead atoms. The first kappa shape index (κ1) is 17.1. The Bertz CT molecular complexity index is 861. The second-order valence-electron chi connectivity index (χ2n) is 6.37. The highest BCUT2D eigenvalue weighted by Gasteiger charge is 2.35. The minimum Gasteiger partial charge on any atom is -0.497 e. The van der Waals surface area contributed by atoms with E-state index >= 15 is 0 Å². The maximum Gasteiger partial charge on any atom is 0.414 e. The molecule has 27 heavy (non-hydrogen) atoms. The van der Waals surface area contributed by atoms with E-state index in [1.165, 1.54) is 24.5 Å². The van der Waals surface area contributed by atoms with E-state index in [9.17, 15) is 9.59 Å². The zero-order valence-electron chi connectivity index (χ0n) is 14.8. The molecule has 0 saturated carbocycles. The Morgan fingerprint density at radius 3 is 2.33 bits per heavy atom. The van der Waals surface area contributed by atoms with Crippen LogP contribution in [0.25, 0.3) is 11.1 Å². The van der Waals surface area contributed by atoms with Crippen LogP contribution in [0.4, 0.5) is 4.79 Å². The van der Waals surface area contributed by atoms with Gasteiger partial charge in [-0.3, -0.25) is 4.90 Å². The van der Waals surface area contributed by atoms with E-state index in [2.05, 4.69) is 24.3 Å². The van der Waals surface area contributed by atoms with Gasteiger partial charge in [-0.15, -0.1) is 0 Å². The summed E-state index contributed by atoms with van der Waals surface area (Å²) in [6.45, 7) is 0.222. The molecule has 0 aromatic heterocycles. The highest BCUT2D eigenvalue weighted by Crippen LogP contribution is 2.44. The third-order valence-corrected chi connectivity index (χ3v) is 4.93. The normalized spacial score (nSPS) is 17.7. The quantitative estimate of drug-likeness (QED) is 0.781. The predicted molar refractivity (Wildman–Crippen MR) is 97.8 cm³/mol. The molecule has 1 aliphatic carbocycles. The van der Waals surface area contributed by atoms with Gasteiger partial charge >= 0.3 is 12.1 Å². The van der Waals surface area contributed by atoms with Crippen LogP contribution in [-0.4, -0.2) is 43.3 Å². The molecule has 6 nitrogen and oxygen atoms in total. The molecule has 0 radical (unpaired) electrons. The average molecular weight is 365 g/mol. The second-order valence-corrected chi connectivity index (χ2v) is 6.37. The number of carbonyl (C=O) groups is 2. The molecule has 0 saturated heterocycles. The van der Waals surface area contributed by atoms with Crippen molar-refractivity contribution in [3.05, 3.63) is 72.1 Å². The number of hydrogen-bond donors (Lipinski definition) is 0. The van der Waals surface area contributed by atoms with Gasteiger partial charge in [0.1, 0.15) is 13.2 Å². The van der Waals surface area contributed by atoms with Crippen LogP contribution in [0.1, 0.15) is 17.0 Å². The molecular formula is C21H19NO5. The highest BCUT2D eigenvalue weighted by molar-refractivity contribution is 5.83. The summed E-state index contributed by atoms with van der Waals surface area (Å²) in [7, 11) is 1.27. The average Bonchev–Trinajstić information content (AvgIpc) is 3.05. The Hall–Kier alpha value is -3.28. The van der Waals surface area contributed by atoms with Gasteiger partial charge in [-0.25, -0.2) is 9.59 Å². The van der Waals surface area contributed by atoms with E-state index < -0.39 is 18.1 Å². The fourth-order valence-electron chi connectivity index (χ4n) is 3.61. The Balaban J connectivity index is 1.53. The van der Waals surface area contributed by atoms with Gasteiger partial charge in [0, 0.05) is 12.1 Å². The van der Waals surface area contributed by atoms with Crippen LogP contribution in [0.5, 0.6) is 0 Å². The molecule has 4 rings (SSSR count). The van der Waals surface area contributed by atoms with Gasteiger partial charge in [0.05, 0.1) is 13.4 Å². The van der Waals surface area contributed by atoms with Gasteiger partial charge in [-0.05, 0) is 22.3 Å². The number of esters is 1. The monoisotopic (exact) mass is 365 g/mol. The standard InChI is InChI=1S/C21H19NO5/c1-25-20(23)19-13-26-11-10-22(19)21(24)27-12-18-16-8-4-2-6-14(16)15-7-3-5-9-17(15)18/h2-11,18-19H,12-13H2,1H3/t19-/m1/s1. The molecule has 1 atom stereocenters. The van der Waals surface area contributed by atoms with E-state index in [0.29, 0.717) is 0 Å². The van der Waals surface area contributed by atoms with Crippen LogP contribution < -0.4 is 0 Å². The molecule has 1 aliphatic heterocycles. The van der Waals surface area contributed by atoms with Crippen LogP contribution in [0.3, 0.4) is 0 Å². The number of carbonyl (C=O) groups excluding carboxylic acids is 2. The Kier molecular flexibility index (Phi) is 4.54. The van der Waals surface area contributed by atoms with Crippen molar-refractivity contribution < 1.29 is 23.8 Å². The third kappa shape index (κ3) is 3.03. The van der Waals surface area contributed by atoms with Crippen molar-refractivity contribution in [3.8, 4) is 11.1 Å². The molecule has 0 N–H and O–H groups in total. The Labute approximate surface area is 156 Å². The number of methoxy groups -OCH3 is 1. The molecule has 2 aromatic rings. The van der Waals surface area contributed by atoms with Crippen LogP contribution in [0.15, 0.2) is 61.0 Å². The van der Waals surface area contributed by atoms with Crippen molar-refractivity contribution in [3.63, 3.8) is 0 Å². The van der Waals surface area contributed by atoms with Crippen molar-refractivity contribution in [1.29, 1.82) is 0 Å². The molecule has 1 amide bonds. The summed E-state index contributed by atoms with van der Waals surface area (Å²) in [6.07, 6.45) is 2.15. The molecule has 6 heteroatoms. The number of rotatable bonds is 3. The summed E-state index contributed by atoms with van der Waals surface area (Å²) in [4.78, 5) is 25.7. The van der Waals surface area contributed by atoms with E-state index in [0.717, 1.165) is 22.3 Å². The van der Waals surface area contributed by atoms with Crippen LogP contribution in [-0.2, 0) is 19.0 Å². The predicted octanol–water partition coefficient (Wildman–Crippen LogP) is 3.28. The first-order valence-electron chi connectivity index (χ1n) is 8.70. The molecule has 2 aliphatic rings. The Morgan fingerprint density at radius 1 is 1.07 bits per heavy atom. The number of hydrogen-bond acceptors (Lipinski definition) is 5. The molecule has 1 heterocycles. The molecule has 0 spiro atoms. The lowest BCUT2D eigenvalue weighted by Gasteiger charge is -2.28. The number of fused-ring (bicyclic) bond motifs is 3. The lowest BCUT2D eigenvalue weighted by molar-refractivity contribution is -0.147. The van der Waals surface area contributed by atoms with Crippen molar-refractivity contribution in [2.75, 3.05) is 20.3 Å². The molecular weight excluding hydrogens is 346 g/mol. The van der Waals surface area contributed by atoms with Gasteiger partial charge in [0.2, 0.25) is 0 Å². The largest absolute Gasteiger partial charge is 0.497 e. The Morgan fingerprint density at radius 2 is 1.70 bits per heavy atom. The van der Waals surface area contributed by atoms with Crippen molar-refractivity contribution in [2.24, 2.45) is 0 Å². The smallest absolute Gasteiger partial charge is 0.414 e. The lowest BCUT2D eigenvalue weighted by Crippen LogP contribution is -2.47. The summed E-state index contributed by atoms with van der Waals surface area (Å²) in [5.74, 6) is -0.587. The van der Waals surface area contributed by atoms with E-state index in [1.807, 2.05) is 24.3 Å². The van der Waals surface area contributed by atoms with Gasteiger partial charge in [0.15, 0.2) is 6.04 Å². The topological polar surface area (TPSA) is 65.1 Å². The zero-order valence-corrected chi connectivity index (χ0v) is 14.8. The van der Waals surface area contributed by atoms with Gasteiger partial charge in [0.25, 0.3) is 0 Å². The number of ether oxygens (including phenoxy) is 3. The summed E-state index contributed by atoms with van der Waals surface area (Å²) in [5, 5.41) is 0. The summed E-state index contributed by atoms with van der Waals surface area (Å²) in [5.41, 5.74) is 4.59. The van der Waals surface area contributed by atoms with Crippen molar-refractivity contribution >= 4 is 12.1 Å². The van der Waals surface area contributed by atoms with Crippen LogP contribution in [0, 0.1) is 0 Å². The maximum atomic E-state index is 12.6. The summed E-state index contributed by atoms with van der Waals surface area (Å²) >= 11 is 0.